The van der Waals surface area contributed by atoms with Crippen LogP contribution in [0.3, 0.4) is 0 Å². The predicted octanol–water partition coefficient (Wildman–Crippen LogP) is 4.60. The van der Waals surface area contributed by atoms with E-state index in [4.69, 9.17) is 5.26 Å². The fourth-order valence-corrected chi connectivity index (χ4v) is 5.91. The van der Waals surface area contributed by atoms with Crippen molar-refractivity contribution in [1.29, 1.82) is 5.26 Å². The van der Waals surface area contributed by atoms with Gasteiger partial charge in [0.05, 0.1) is 11.6 Å². The van der Waals surface area contributed by atoms with Gasteiger partial charge in [-0.05, 0) is 70.5 Å². The van der Waals surface area contributed by atoms with Crippen molar-refractivity contribution in [3.63, 3.8) is 0 Å². The van der Waals surface area contributed by atoms with Crippen LogP contribution in [0.15, 0.2) is 30.3 Å². The summed E-state index contributed by atoms with van der Waals surface area (Å²) in [6.45, 7) is 2.48. The van der Waals surface area contributed by atoms with Gasteiger partial charge in [-0.3, -0.25) is 4.90 Å². The number of hydrogen-bond donors (Lipinski definition) is 0. The number of hydrogen-bond acceptors (Lipinski definition) is 3. The molecule has 1 aromatic rings. The lowest BCUT2D eigenvalue weighted by Gasteiger charge is -2.51. The summed E-state index contributed by atoms with van der Waals surface area (Å²) in [5.74, 6) is 0.680. The van der Waals surface area contributed by atoms with Crippen molar-refractivity contribution in [1.82, 2.24) is 14.7 Å². The van der Waals surface area contributed by atoms with Crippen LogP contribution in [0.2, 0.25) is 0 Å². The van der Waals surface area contributed by atoms with Crippen molar-refractivity contribution < 1.29 is 4.79 Å². The van der Waals surface area contributed by atoms with E-state index in [0.29, 0.717) is 18.9 Å². The van der Waals surface area contributed by atoms with Gasteiger partial charge in [0.1, 0.15) is 0 Å². The number of carbonyl (C=O) groups excluding carboxylic acids is 1. The molecule has 1 heterocycles. The molecule has 0 atom stereocenters. The standard InChI is InChI=1S/C25H36N4O/c1-27(2)25(22-11-4-3-5-12-22)15-13-24(14-16-25)20-28(18-7-6-17-26)23(30)29(24)19-21-9-8-10-21/h3-5,11-12,21H,6-10,13-16,18-20H2,1-2H3/t24-,25-. The Bertz CT molecular complexity index is 772. The molecule has 3 aliphatic rings. The Morgan fingerprint density at radius 3 is 2.40 bits per heavy atom. The van der Waals surface area contributed by atoms with Crippen molar-refractivity contribution in [2.45, 2.75) is 68.9 Å². The van der Waals surface area contributed by atoms with E-state index in [1.807, 2.05) is 4.90 Å². The fourth-order valence-electron chi connectivity index (χ4n) is 5.91. The van der Waals surface area contributed by atoms with Crippen LogP contribution >= 0.6 is 0 Å². The van der Waals surface area contributed by atoms with E-state index in [9.17, 15) is 4.79 Å². The van der Waals surface area contributed by atoms with E-state index in [1.165, 1.54) is 24.8 Å². The monoisotopic (exact) mass is 408 g/mol. The quantitative estimate of drug-likeness (QED) is 0.620. The van der Waals surface area contributed by atoms with Crippen LogP contribution in [-0.4, -0.2) is 60.0 Å². The number of unbranched alkanes of at least 4 members (excludes halogenated alkanes) is 1. The minimum atomic E-state index is -0.0341. The van der Waals surface area contributed by atoms with Gasteiger partial charge in [0.25, 0.3) is 0 Å². The molecule has 2 saturated carbocycles. The van der Waals surface area contributed by atoms with E-state index in [-0.39, 0.29) is 17.1 Å². The summed E-state index contributed by atoms with van der Waals surface area (Å²) in [6.07, 6.45) is 9.39. The molecular formula is C25H36N4O. The topological polar surface area (TPSA) is 50.6 Å². The third-order valence-corrected chi connectivity index (χ3v) is 8.12. The molecule has 162 valence electrons. The first-order valence-corrected chi connectivity index (χ1v) is 11.7. The summed E-state index contributed by atoms with van der Waals surface area (Å²) in [4.78, 5) is 20.1. The number of amides is 2. The molecule has 3 fully saturated rings. The fraction of sp³-hybridized carbons (Fsp3) is 0.680. The molecule has 0 aromatic heterocycles. The van der Waals surface area contributed by atoms with Crippen molar-refractivity contribution in [2.75, 3.05) is 33.7 Å². The van der Waals surface area contributed by atoms with Crippen LogP contribution in [0, 0.1) is 17.2 Å². The lowest BCUT2D eigenvalue weighted by atomic mass is 9.68. The Balaban J connectivity index is 1.55. The highest BCUT2D eigenvalue weighted by molar-refractivity contribution is 5.78. The van der Waals surface area contributed by atoms with Gasteiger partial charge in [0, 0.05) is 31.6 Å². The Morgan fingerprint density at radius 2 is 1.83 bits per heavy atom. The molecule has 2 aliphatic carbocycles. The Morgan fingerprint density at radius 1 is 1.13 bits per heavy atom. The average molecular weight is 409 g/mol. The van der Waals surface area contributed by atoms with Crippen LogP contribution in [-0.2, 0) is 5.54 Å². The SMILES string of the molecule is CN(C)[C@]1(c2ccccc2)CC[C@@]2(CC1)CN(CCCC#N)C(=O)N2CC1CCC1. The smallest absolute Gasteiger partial charge is 0.320 e. The van der Waals surface area contributed by atoms with Crippen LogP contribution in [0.25, 0.3) is 0 Å². The minimum Gasteiger partial charge on any atom is -0.322 e. The van der Waals surface area contributed by atoms with Crippen molar-refractivity contribution in [2.24, 2.45) is 5.92 Å². The lowest BCUT2D eigenvalue weighted by Crippen LogP contribution is -2.56. The second-order valence-electron chi connectivity index (χ2n) is 9.89. The number of rotatable bonds is 7. The Hall–Kier alpha value is -2.06. The van der Waals surface area contributed by atoms with Crippen molar-refractivity contribution >= 4 is 6.03 Å². The third-order valence-electron chi connectivity index (χ3n) is 8.12. The van der Waals surface area contributed by atoms with E-state index in [0.717, 1.165) is 45.2 Å². The molecule has 0 N–H and O–H groups in total. The number of benzene rings is 1. The summed E-state index contributed by atoms with van der Waals surface area (Å²) >= 11 is 0. The number of carbonyl (C=O) groups is 1. The molecule has 1 spiro atoms. The molecule has 0 radical (unpaired) electrons. The number of urea groups is 1. The summed E-state index contributed by atoms with van der Waals surface area (Å²) in [6, 6.07) is 13.3. The van der Waals surface area contributed by atoms with E-state index < -0.39 is 0 Å². The molecule has 0 unspecified atom stereocenters. The molecule has 30 heavy (non-hydrogen) atoms. The maximum Gasteiger partial charge on any atom is 0.320 e. The summed E-state index contributed by atoms with van der Waals surface area (Å²) in [7, 11) is 4.40. The normalized spacial score (nSPS) is 29.5. The molecule has 0 bridgehead atoms. The Labute approximate surface area is 181 Å². The second kappa shape index (κ2) is 8.59. The van der Waals surface area contributed by atoms with Crippen molar-refractivity contribution in [3.05, 3.63) is 35.9 Å². The molecule has 1 aliphatic heterocycles. The van der Waals surface area contributed by atoms with Gasteiger partial charge in [0.2, 0.25) is 0 Å². The van der Waals surface area contributed by atoms with Crippen molar-refractivity contribution in [3.8, 4) is 6.07 Å². The van der Waals surface area contributed by atoms with E-state index >= 15 is 0 Å². The third kappa shape index (κ3) is 3.71. The maximum absolute atomic E-state index is 13.4. The van der Waals surface area contributed by atoms with Crippen LogP contribution < -0.4 is 0 Å². The van der Waals surface area contributed by atoms with Gasteiger partial charge in [-0.1, -0.05) is 36.8 Å². The predicted molar refractivity (Wildman–Crippen MR) is 119 cm³/mol. The van der Waals surface area contributed by atoms with Crippen LogP contribution in [0.4, 0.5) is 4.79 Å². The summed E-state index contributed by atoms with van der Waals surface area (Å²) in [5, 5.41) is 8.91. The first-order chi connectivity index (χ1) is 14.5. The number of nitriles is 1. The van der Waals surface area contributed by atoms with Gasteiger partial charge in [-0.15, -0.1) is 0 Å². The van der Waals surface area contributed by atoms with Gasteiger partial charge >= 0.3 is 6.03 Å². The molecule has 2 amide bonds. The van der Waals surface area contributed by atoms with Crippen LogP contribution in [0.5, 0.6) is 0 Å². The highest BCUT2D eigenvalue weighted by Crippen LogP contribution is 2.49. The first-order valence-electron chi connectivity index (χ1n) is 11.7. The van der Waals surface area contributed by atoms with Crippen LogP contribution in [0.1, 0.15) is 63.4 Å². The zero-order valence-electron chi connectivity index (χ0n) is 18.6. The van der Waals surface area contributed by atoms with Gasteiger partial charge in [0.15, 0.2) is 0 Å². The van der Waals surface area contributed by atoms with Gasteiger partial charge in [-0.2, -0.15) is 5.26 Å². The average Bonchev–Trinajstić information content (AvgIpc) is 2.97. The first kappa shape index (κ1) is 21.2. The van der Waals surface area contributed by atoms with Gasteiger partial charge < -0.3 is 9.80 Å². The maximum atomic E-state index is 13.4. The zero-order valence-corrected chi connectivity index (χ0v) is 18.6. The molecular weight excluding hydrogens is 372 g/mol. The van der Waals surface area contributed by atoms with Gasteiger partial charge in [-0.25, -0.2) is 4.79 Å². The molecule has 4 rings (SSSR count). The Kier molecular flexibility index (Phi) is 6.06. The number of nitrogens with zero attached hydrogens (tertiary/aromatic N) is 4. The second-order valence-corrected chi connectivity index (χ2v) is 9.89. The largest absolute Gasteiger partial charge is 0.322 e. The minimum absolute atomic E-state index is 0.0341. The molecule has 1 aromatic carbocycles. The summed E-state index contributed by atoms with van der Waals surface area (Å²) in [5.41, 5.74) is 1.41. The lowest BCUT2D eigenvalue weighted by molar-refractivity contribution is 0.0159. The zero-order chi connectivity index (χ0) is 21.2. The highest BCUT2D eigenvalue weighted by atomic mass is 16.2. The molecule has 5 heteroatoms. The highest BCUT2D eigenvalue weighted by Gasteiger charge is 2.54. The molecule has 5 nitrogen and oxygen atoms in total. The van der Waals surface area contributed by atoms with E-state index in [2.05, 4.69) is 60.3 Å². The van der Waals surface area contributed by atoms with E-state index in [1.54, 1.807) is 0 Å². The molecule has 1 saturated heterocycles. The summed E-state index contributed by atoms with van der Waals surface area (Å²) < 4.78 is 0.